The van der Waals surface area contributed by atoms with Crippen molar-refractivity contribution in [1.29, 1.82) is 0 Å². The molecular weight excluding hydrogens is 356 g/mol. The lowest BCUT2D eigenvalue weighted by atomic mass is 10.0. The molecule has 0 atom stereocenters. The molecule has 0 saturated heterocycles. The summed E-state index contributed by atoms with van der Waals surface area (Å²) in [5.41, 5.74) is 2.76. The number of anilines is 1. The van der Waals surface area contributed by atoms with E-state index < -0.39 is 0 Å². The molecule has 1 N–H and O–H groups in total. The smallest absolute Gasteiger partial charge is 0.265 e. The van der Waals surface area contributed by atoms with Crippen LogP contribution in [0.15, 0.2) is 59.4 Å². The summed E-state index contributed by atoms with van der Waals surface area (Å²) in [4.78, 5) is 25.9. The number of amides is 1. The summed E-state index contributed by atoms with van der Waals surface area (Å²) in [6.07, 6.45) is 0. The molecule has 4 aromatic rings. The SMILES string of the molecule is CC(C)c1ccc(NC(=O)c2cc3c(=O)n(C)c4ccccc4c3s2)cc1. The summed E-state index contributed by atoms with van der Waals surface area (Å²) in [7, 11) is 1.76. The predicted octanol–water partition coefficient (Wildman–Crippen LogP) is 5.13. The van der Waals surface area contributed by atoms with Crippen molar-refractivity contribution in [1.82, 2.24) is 4.57 Å². The zero-order valence-electron chi connectivity index (χ0n) is 15.4. The highest BCUT2D eigenvalue weighted by atomic mass is 32.1. The van der Waals surface area contributed by atoms with E-state index in [4.69, 9.17) is 0 Å². The van der Waals surface area contributed by atoms with Crippen LogP contribution in [-0.4, -0.2) is 10.5 Å². The topological polar surface area (TPSA) is 51.1 Å². The maximum Gasteiger partial charge on any atom is 0.265 e. The molecule has 0 aliphatic carbocycles. The van der Waals surface area contributed by atoms with Gasteiger partial charge in [0.05, 0.1) is 15.8 Å². The number of fused-ring (bicyclic) bond motifs is 3. The summed E-state index contributed by atoms with van der Waals surface area (Å²) in [6, 6.07) is 17.3. The number of carbonyl (C=O) groups excluding carboxylic acids is 1. The molecule has 4 nitrogen and oxygen atoms in total. The molecule has 136 valence electrons. The van der Waals surface area contributed by atoms with E-state index in [-0.39, 0.29) is 11.5 Å². The highest BCUT2D eigenvalue weighted by molar-refractivity contribution is 7.21. The Balaban J connectivity index is 1.73. The quantitative estimate of drug-likeness (QED) is 0.539. The molecule has 0 radical (unpaired) electrons. The van der Waals surface area contributed by atoms with Gasteiger partial charge < -0.3 is 9.88 Å². The van der Waals surface area contributed by atoms with Gasteiger partial charge in [0, 0.05) is 22.8 Å². The fraction of sp³-hybridized carbons (Fsp3) is 0.182. The van der Waals surface area contributed by atoms with E-state index in [2.05, 4.69) is 19.2 Å². The summed E-state index contributed by atoms with van der Waals surface area (Å²) in [5.74, 6) is 0.251. The zero-order valence-corrected chi connectivity index (χ0v) is 16.3. The van der Waals surface area contributed by atoms with Crippen LogP contribution in [0.1, 0.15) is 35.0 Å². The standard InChI is InChI=1S/C22H20N2O2S/c1-13(2)14-8-10-15(11-9-14)23-21(25)19-12-17-20(27-19)16-6-4-5-7-18(16)24(3)22(17)26/h4-13H,1-3H3,(H,23,25). The van der Waals surface area contributed by atoms with E-state index in [1.54, 1.807) is 17.7 Å². The molecule has 0 aliphatic rings. The average Bonchev–Trinajstić information content (AvgIpc) is 3.12. The highest BCUT2D eigenvalue weighted by Gasteiger charge is 2.16. The van der Waals surface area contributed by atoms with Crippen molar-refractivity contribution in [2.24, 2.45) is 7.05 Å². The van der Waals surface area contributed by atoms with Crippen molar-refractivity contribution in [3.05, 3.63) is 75.4 Å². The van der Waals surface area contributed by atoms with Gasteiger partial charge in [0.2, 0.25) is 0 Å². The third kappa shape index (κ3) is 3.04. The second-order valence-electron chi connectivity index (χ2n) is 6.97. The molecule has 0 aliphatic heterocycles. The van der Waals surface area contributed by atoms with Crippen molar-refractivity contribution in [2.45, 2.75) is 19.8 Å². The van der Waals surface area contributed by atoms with E-state index in [1.807, 2.05) is 48.5 Å². The van der Waals surface area contributed by atoms with Crippen LogP contribution in [0.25, 0.3) is 21.0 Å². The van der Waals surface area contributed by atoms with Crippen LogP contribution in [0, 0.1) is 0 Å². The molecule has 2 heterocycles. The maximum absolute atomic E-state index is 12.7. The van der Waals surface area contributed by atoms with E-state index in [1.165, 1.54) is 16.9 Å². The van der Waals surface area contributed by atoms with E-state index in [0.717, 1.165) is 21.3 Å². The second-order valence-corrected chi connectivity index (χ2v) is 8.02. The van der Waals surface area contributed by atoms with Gasteiger partial charge in [-0.1, -0.05) is 44.2 Å². The number of hydrogen-bond acceptors (Lipinski definition) is 3. The number of carbonyl (C=O) groups is 1. The minimum Gasteiger partial charge on any atom is -0.321 e. The number of aryl methyl sites for hydroxylation is 1. The Morgan fingerprint density at radius 2 is 1.74 bits per heavy atom. The number of nitrogens with zero attached hydrogens (tertiary/aromatic N) is 1. The largest absolute Gasteiger partial charge is 0.321 e. The Bertz CT molecular complexity index is 1220. The predicted molar refractivity (Wildman–Crippen MR) is 113 cm³/mol. The third-order valence-corrected chi connectivity index (χ3v) is 6.00. The summed E-state index contributed by atoms with van der Waals surface area (Å²) >= 11 is 1.36. The number of rotatable bonds is 3. The molecule has 1 amide bonds. The van der Waals surface area contributed by atoms with Gasteiger partial charge in [-0.15, -0.1) is 11.3 Å². The number of benzene rings is 2. The lowest BCUT2D eigenvalue weighted by Gasteiger charge is -2.07. The second kappa shape index (κ2) is 6.67. The molecule has 2 aromatic carbocycles. The Hall–Kier alpha value is -2.92. The summed E-state index contributed by atoms with van der Waals surface area (Å²) in [5, 5.41) is 4.50. The van der Waals surface area contributed by atoms with Crippen molar-refractivity contribution in [3.8, 4) is 0 Å². The maximum atomic E-state index is 12.7. The van der Waals surface area contributed by atoms with Crippen LogP contribution in [-0.2, 0) is 7.05 Å². The minimum atomic E-state index is -0.195. The molecule has 2 aromatic heterocycles. The Morgan fingerprint density at radius 1 is 1.04 bits per heavy atom. The molecule has 4 rings (SSSR count). The first-order valence-electron chi connectivity index (χ1n) is 8.88. The molecule has 0 unspecified atom stereocenters. The van der Waals surface area contributed by atoms with Gasteiger partial charge in [-0.2, -0.15) is 0 Å². The molecule has 0 saturated carbocycles. The van der Waals surface area contributed by atoms with E-state index in [0.29, 0.717) is 16.2 Å². The highest BCUT2D eigenvalue weighted by Crippen LogP contribution is 2.30. The molecular formula is C22H20N2O2S. The molecule has 5 heteroatoms. The first kappa shape index (κ1) is 17.5. The Labute approximate surface area is 161 Å². The number of hydrogen-bond donors (Lipinski definition) is 1. The molecule has 0 spiro atoms. The van der Waals surface area contributed by atoms with E-state index >= 15 is 0 Å². The summed E-state index contributed by atoms with van der Waals surface area (Å²) < 4.78 is 2.49. The normalized spacial score (nSPS) is 11.4. The van der Waals surface area contributed by atoms with Gasteiger partial charge in [-0.05, 0) is 35.7 Å². The van der Waals surface area contributed by atoms with Crippen LogP contribution in [0.4, 0.5) is 5.69 Å². The lowest BCUT2D eigenvalue weighted by molar-refractivity contribution is 0.103. The van der Waals surface area contributed by atoms with Gasteiger partial charge >= 0.3 is 0 Å². The van der Waals surface area contributed by atoms with Crippen molar-refractivity contribution >= 4 is 43.9 Å². The fourth-order valence-corrected chi connectivity index (χ4v) is 4.33. The first-order valence-corrected chi connectivity index (χ1v) is 9.70. The first-order chi connectivity index (χ1) is 13.0. The van der Waals surface area contributed by atoms with E-state index in [9.17, 15) is 9.59 Å². The van der Waals surface area contributed by atoms with Crippen LogP contribution in [0.2, 0.25) is 0 Å². The minimum absolute atomic E-state index is 0.0831. The van der Waals surface area contributed by atoms with Gasteiger partial charge in [0.15, 0.2) is 0 Å². The number of thiophene rings is 1. The third-order valence-electron chi connectivity index (χ3n) is 4.84. The van der Waals surface area contributed by atoms with Crippen molar-refractivity contribution in [3.63, 3.8) is 0 Å². The zero-order chi connectivity index (χ0) is 19.1. The van der Waals surface area contributed by atoms with Gasteiger partial charge in [-0.25, -0.2) is 0 Å². The lowest BCUT2D eigenvalue weighted by Crippen LogP contribution is -2.16. The average molecular weight is 376 g/mol. The van der Waals surface area contributed by atoms with Crippen molar-refractivity contribution in [2.75, 3.05) is 5.32 Å². The number of pyridine rings is 1. The van der Waals surface area contributed by atoms with Gasteiger partial charge in [0.25, 0.3) is 11.5 Å². The monoisotopic (exact) mass is 376 g/mol. The Morgan fingerprint density at radius 3 is 2.44 bits per heavy atom. The van der Waals surface area contributed by atoms with Crippen molar-refractivity contribution < 1.29 is 4.79 Å². The number of para-hydroxylation sites is 1. The number of aromatic nitrogens is 1. The van der Waals surface area contributed by atoms with Crippen LogP contribution >= 0.6 is 11.3 Å². The van der Waals surface area contributed by atoms with Crippen LogP contribution in [0.3, 0.4) is 0 Å². The number of nitrogens with one attached hydrogen (secondary N) is 1. The van der Waals surface area contributed by atoms with Gasteiger partial charge in [0.1, 0.15) is 0 Å². The molecule has 0 fully saturated rings. The molecule has 27 heavy (non-hydrogen) atoms. The van der Waals surface area contributed by atoms with Gasteiger partial charge in [-0.3, -0.25) is 9.59 Å². The fourth-order valence-electron chi connectivity index (χ4n) is 3.25. The van der Waals surface area contributed by atoms with Crippen LogP contribution in [0.5, 0.6) is 0 Å². The summed E-state index contributed by atoms with van der Waals surface area (Å²) in [6.45, 7) is 4.27. The van der Waals surface area contributed by atoms with Crippen LogP contribution < -0.4 is 10.9 Å². The molecule has 0 bridgehead atoms. The Kier molecular flexibility index (Phi) is 4.32.